The standard InChI is InChI=1S/C53H41N5/c1-52(2)31-32-57-46-22-14-12-20-42(46)53(3,4)43-29-28-39(47(52)48(43)57)35-25-23-34(24-26-35)38-27-30-45-41(33-38)40-19-11-13-21-44(40)58(45)51-55-49(36-15-7-5-8-16-36)54-50(56-51)37-17-9-6-10-18-37/h5-33H,1-4H3. The van der Waals surface area contributed by atoms with Crippen LogP contribution in [0, 0.1) is 0 Å². The molecule has 0 atom stereocenters. The molecule has 0 bridgehead atoms. The molecule has 5 heteroatoms. The van der Waals surface area contributed by atoms with Crippen LogP contribution >= 0.6 is 0 Å². The van der Waals surface area contributed by atoms with E-state index in [1.807, 2.05) is 60.7 Å². The van der Waals surface area contributed by atoms with Gasteiger partial charge in [0.2, 0.25) is 5.95 Å². The van der Waals surface area contributed by atoms with Crippen LogP contribution in [0.4, 0.5) is 11.4 Å². The number of hydrogen-bond acceptors (Lipinski definition) is 4. The van der Waals surface area contributed by atoms with Crippen molar-refractivity contribution in [1.29, 1.82) is 0 Å². The molecule has 58 heavy (non-hydrogen) atoms. The Balaban J connectivity index is 1.02. The Labute approximate surface area is 338 Å². The molecule has 7 aromatic carbocycles. The quantitative estimate of drug-likeness (QED) is 0.176. The van der Waals surface area contributed by atoms with Gasteiger partial charge in [-0.25, -0.2) is 4.98 Å². The van der Waals surface area contributed by atoms with E-state index in [0.29, 0.717) is 17.6 Å². The molecule has 0 saturated carbocycles. The van der Waals surface area contributed by atoms with Gasteiger partial charge in [-0.3, -0.25) is 4.57 Å². The van der Waals surface area contributed by atoms with Gasteiger partial charge in [-0.15, -0.1) is 0 Å². The van der Waals surface area contributed by atoms with Gasteiger partial charge in [-0.2, -0.15) is 9.97 Å². The summed E-state index contributed by atoms with van der Waals surface area (Å²) in [5, 5.41) is 2.30. The van der Waals surface area contributed by atoms with Crippen LogP contribution in [-0.4, -0.2) is 19.5 Å². The second kappa shape index (κ2) is 12.7. The van der Waals surface area contributed by atoms with E-state index in [4.69, 9.17) is 15.0 Å². The summed E-state index contributed by atoms with van der Waals surface area (Å²) < 4.78 is 2.18. The van der Waals surface area contributed by atoms with Crippen molar-refractivity contribution in [1.82, 2.24) is 19.5 Å². The monoisotopic (exact) mass is 747 g/mol. The van der Waals surface area contributed by atoms with Crippen molar-refractivity contribution in [3.05, 3.63) is 193 Å². The zero-order valence-electron chi connectivity index (χ0n) is 33.0. The molecule has 0 unspecified atom stereocenters. The number of benzene rings is 7. The topological polar surface area (TPSA) is 46.8 Å². The Hall–Kier alpha value is -7.11. The van der Waals surface area contributed by atoms with Crippen LogP contribution in [0.25, 0.3) is 72.8 Å². The fraction of sp³-hybridized carbons (Fsp3) is 0.113. The van der Waals surface area contributed by atoms with Gasteiger partial charge in [-0.1, -0.05) is 173 Å². The van der Waals surface area contributed by atoms with Gasteiger partial charge < -0.3 is 4.90 Å². The van der Waals surface area contributed by atoms with Gasteiger partial charge in [-0.05, 0) is 63.2 Å². The highest BCUT2D eigenvalue weighted by Crippen LogP contribution is 2.56. The molecule has 2 aliphatic rings. The Morgan fingerprint density at radius 1 is 0.466 bits per heavy atom. The molecular weight excluding hydrogens is 707 g/mol. The van der Waals surface area contributed by atoms with Crippen molar-refractivity contribution < 1.29 is 0 Å². The van der Waals surface area contributed by atoms with E-state index in [-0.39, 0.29) is 10.8 Å². The lowest BCUT2D eigenvalue weighted by Crippen LogP contribution is -2.35. The van der Waals surface area contributed by atoms with Crippen LogP contribution in [-0.2, 0) is 10.8 Å². The summed E-state index contributed by atoms with van der Waals surface area (Å²) in [6, 6.07) is 58.3. The normalized spacial score (nSPS) is 14.7. The third-order valence-corrected chi connectivity index (χ3v) is 12.3. The first-order valence-corrected chi connectivity index (χ1v) is 20.0. The van der Waals surface area contributed by atoms with E-state index < -0.39 is 0 Å². The number of allylic oxidation sites excluding steroid dienone is 1. The summed E-state index contributed by atoms with van der Waals surface area (Å²) in [5.41, 5.74) is 15.3. The second-order valence-corrected chi connectivity index (χ2v) is 16.6. The number of aromatic nitrogens is 4. The van der Waals surface area contributed by atoms with Gasteiger partial charge in [0.05, 0.1) is 16.7 Å². The van der Waals surface area contributed by atoms with Crippen molar-refractivity contribution in [3.63, 3.8) is 0 Å². The molecule has 4 heterocycles. The smallest absolute Gasteiger partial charge is 0.238 e. The van der Waals surface area contributed by atoms with Gasteiger partial charge in [0.1, 0.15) is 0 Å². The van der Waals surface area contributed by atoms with Crippen molar-refractivity contribution in [3.8, 4) is 51.0 Å². The fourth-order valence-electron chi connectivity index (χ4n) is 9.32. The largest absolute Gasteiger partial charge is 0.317 e. The number of hydrogen-bond donors (Lipinski definition) is 0. The number of fused-ring (bicyclic) bond motifs is 5. The Kier molecular flexibility index (Phi) is 7.48. The molecule has 0 amide bonds. The lowest BCUT2D eigenvalue weighted by atomic mass is 9.68. The molecule has 0 aliphatic carbocycles. The summed E-state index contributed by atoms with van der Waals surface area (Å²) in [5.74, 6) is 1.87. The first-order chi connectivity index (χ1) is 28.3. The van der Waals surface area contributed by atoms with Crippen molar-refractivity contribution in [2.45, 2.75) is 38.5 Å². The highest BCUT2D eigenvalue weighted by Gasteiger charge is 2.42. The molecule has 0 radical (unpaired) electrons. The van der Waals surface area contributed by atoms with E-state index in [1.165, 1.54) is 44.8 Å². The third-order valence-electron chi connectivity index (χ3n) is 12.3. The number of rotatable bonds is 5. The first-order valence-electron chi connectivity index (χ1n) is 20.0. The molecule has 5 nitrogen and oxygen atoms in total. The van der Waals surface area contributed by atoms with E-state index in [1.54, 1.807) is 0 Å². The van der Waals surface area contributed by atoms with Gasteiger partial charge >= 0.3 is 0 Å². The molecule has 278 valence electrons. The Bertz CT molecular complexity index is 3040. The summed E-state index contributed by atoms with van der Waals surface area (Å²) in [6.45, 7) is 9.41. The maximum absolute atomic E-state index is 5.10. The molecule has 0 saturated heterocycles. The minimum Gasteiger partial charge on any atom is -0.317 e. The maximum Gasteiger partial charge on any atom is 0.238 e. The average molecular weight is 748 g/mol. The maximum atomic E-state index is 5.10. The summed E-state index contributed by atoms with van der Waals surface area (Å²) in [4.78, 5) is 17.6. The van der Waals surface area contributed by atoms with Crippen molar-refractivity contribution in [2.24, 2.45) is 0 Å². The molecule has 0 fully saturated rings. The highest BCUT2D eigenvalue weighted by molar-refractivity contribution is 6.10. The van der Waals surface area contributed by atoms with Crippen LogP contribution in [0.15, 0.2) is 176 Å². The lowest BCUT2D eigenvalue weighted by Gasteiger charge is -2.46. The summed E-state index contributed by atoms with van der Waals surface area (Å²) >= 11 is 0. The molecule has 0 spiro atoms. The highest BCUT2D eigenvalue weighted by atomic mass is 15.2. The Morgan fingerprint density at radius 3 is 1.79 bits per heavy atom. The second-order valence-electron chi connectivity index (χ2n) is 16.6. The molecule has 0 N–H and O–H groups in total. The fourth-order valence-corrected chi connectivity index (χ4v) is 9.32. The molecule has 11 rings (SSSR count). The zero-order valence-corrected chi connectivity index (χ0v) is 33.0. The number of anilines is 2. The molecule has 2 aliphatic heterocycles. The lowest BCUT2D eigenvalue weighted by molar-refractivity contribution is 0.609. The first kappa shape index (κ1) is 34.2. The van der Waals surface area contributed by atoms with Crippen LogP contribution in [0.5, 0.6) is 0 Å². The van der Waals surface area contributed by atoms with Gasteiger partial charge in [0, 0.05) is 44.6 Å². The van der Waals surface area contributed by atoms with Crippen LogP contribution in [0.3, 0.4) is 0 Å². The third kappa shape index (κ3) is 5.20. The average Bonchev–Trinajstić information content (AvgIpc) is 3.60. The Morgan fingerprint density at radius 2 is 1.07 bits per heavy atom. The van der Waals surface area contributed by atoms with Crippen LogP contribution < -0.4 is 4.90 Å². The molecule has 2 aromatic heterocycles. The minimum atomic E-state index is -0.139. The summed E-state index contributed by atoms with van der Waals surface area (Å²) in [6.07, 6.45) is 4.64. The number of para-hydroxylation sites is 2. The molecule has 9 aromatic rings. The van der Waals surface area contributed by atoms with Gasteiger partial charge in [0.15, 0.2) is 11.6 Å². The number of nitrogens with zero attached hydrogens (tertiary/aromatic N) is 5. The van der Waals surface area contributed by atoms with Crippen molar-refractivity contribution >= 4 is 33.2 Å². The predicted octanol–water partition coefficient (Wildman–Crippen LogP) is 13.2. The molecular formula is C53H41N5. The predicted molar refractivity (Wildman–Crippen MR) is 239 cm³/mol. The van der Waals surface area contributed by atoms with E-state index >= 15 is 0 Å². The van der Waals surface area contributed by atoms with Crippen molar-refractivity contribution in [2.75, 3.05) is 4.90 Å². The summed E-state index contributed by atoms with van der Waals surface area (Å²) in [7, 11) is 0. The minimum absolute atomic E-state index is 0.111. The van der Waals surface area contributed by atoms with Crippen LogP contribution in [0.2, 0.25) is 0 Å². The van der Waals surface area contributed by atoms with Crippen LogP contribution in [0.1, 0.15) is 44.4 Å². The van der Waals surface area contributed by atoms with E-state index in [2.05, 4.69) is 153 Å². The SMILES string of the molecule is CC1(C)C=CN2c3ccccc3C(C)(C)c3ccc(-c4ccc(-c5ccc6c(c5)c5ccccc5n6-c5nc(-c6ccccc6)nc(-c6ccccc6)n5)cc4)c1c32. The zero-order chi connectivity index (χ0) is 39.2. The van der Waals surface area contributed by atoms with Gasteiger partial charge in [0.25, 0.3) is 0 Å². The van der Waals surface area contributed by atoms with E-state index in [0.717, 1.165) is 38.5 Å². The van der Waals surface area contributed by atoms with E-state index in [9.17, 15) is 0 Å².